The molecule has 156 valence electrons. The van der Waals surface area contributed by atoms with E-state index in [1.165, 1.54) is 0 Å². The lowest BCUT2D eigenvalue weighted by Crippen LogP contribution is -2.38. The number of hydrogen-bond donors (Lipinski definition) is 2. The van der Waals surface area contributed by atoms with E-state index in [4.69, 9.17) is 4.74 Å². The van der Waals surface area contributed by atoms with E-state index >= 15 is 0 Å². The smallest absolute Gasteiger partial charge is 0.329 e. The Morgan fingerprint density at radius 2 is 1.80 bits per heavy atom. The van der Waals surface area contributed by atoms with Crippen LogP contribution in [0.1, 0.15) is 31.4 Å². The van der Waals surface area contributed by atoms with Crippen LogP contribution in [0.3, 0.4) is 0 Å². The van der Waals surface area contributed by atoms with Crippen LogP contribution in [0.15, 0.2) is 54.2 Å². The molecule has 1 aliphatic heterocycles. The minimum atomic E-state index is -0.623. The number of urea groups is 1. The first kappa shape index (κ1) is 21.1. The molecule has 0 aromatic heterocycles. The predicted octanol–water partition coefficient (Wildman–Crippen LogP) is 3.70. The molecule has 7 heteroatoms. The summed E-state index contributed by atoms with van der Waals surface area (Å²) in [5.74, 6) is -0.253. The van der Waals surface area contributed by atoms with E-state index in [1.54, 1.807) is 30.3 Å². The van der Waals surface area contributed by atoms with Crippen LogP contribution in [0.5, 0.6) is 5.75 Å². The van der Waals surface area contributed by atoms with Crippen molar-refractivity contribution in [1.82, 2.24) is 10.2 Å². The molecule has 0 aliphatic carbocycles. The fourth-order valence-electron chi connectivity index (χ4n) is 2.82. The normalized spacial score (nSPS) is 15.8. The summed E-state index contributed by atoms with van der Waals surface area (Å²) in [4.78, 5) is 37.9. The summed E-state index contributed by atoms with van der Waals surface area (Å²) in [6.45, 7) is 5.62. The molecule has 0 saturated carbocycles. The lowest BCUT2D eigenvalue weighted by molar-refractivity contribution is -0.127. The minimum Gasteiger partial charge on any atom is -0.491 e. The van der Waals surface area contributed by atoms with Crippen LogP contribution in [-0.2, 0) is 9.59 Å². The Morgan fingerprint density at radius 1 is 1.13 bits per heavy atom. The second-order valence-corrected chi connectivity index (χ2v) is 7.20. The van der Waals surface area contributed by atoms with Gasteiger partial charge in [0.15, 0.2) is 0 Å². The number of carbonyl (C=O) groups excluding carboxylic acids is 3. The van der Waals surface area contributed by atoms with Gasteiger partial charge in [-0.05, 0) is 56.2 Å². The molecule has 0 bridgehead atoms. The monoisotopic (exact) mass is 407 g/mol. The van der Waals surface area contributed by atoms with Crippen LogP contribution >= 0.6 is 0 Å². The molecular formula is C23H25N3O4. The highest BCUT2D eigenvalue weighted by atomic mass is 16.5. The largest absolute Gasteiger partial charge is 0.491 e. The number of carbonyl (C=O) groups is 3. The van der Waals surface area contributed by atoms with Crippen LogP contribution in [0, 0.1) is 6.92 Å². The van der Waals surface area contributed by atoms with Crippen LogP contribution in [0.25, 0.3) is 6.08 Å². The lowest BCUT2D eigenvalue weighted by atomic mass is 10.2. The molecule has 4 amide bonds. The van der Waals surface area contributed by atoms with Gasteiger partial charge in [-0.15, -0.1) is 0 Å². The zero-order valence-corrected chi connectivity index (χ0v) is 17.3. The highest BCUT2D eigenvalue weighted by Crippen LogP contribution is 2.19. The molecular weight excluding hydrogens is 382 g/mol. The molecule has 0 spiro atoms. The van der Waals surface area contributed by atoms with E-state index in [2.05, 4.69) is 10.6 Å². The average Bonchev–Trinajstić information content (AvgIpc) is 2.98. The fraction of sp³-hybridized carbons (Fsp3) is 0.261. The van der Waals surface area contributed by atoms with Gasteiger partial charge in [-0.2, -0.15) is 0 Å². The highest BCUT2D eigenvalue weighted by molar-refractivity contribution is 6.15. The quantitative estimate of drug-likeness (QED) is 0.541. The van der Waals surface area contributed by atoms with Gasteiger partial charge in [-0.3, -0.25) is 9.59 Å². The topological polar surface area (TPSA) is 87.7 Å². The Balaban J connectivity index is 1.63. The maximum atomic E-state index is 12.6. The van der Waals surface area contributed by atoms with Crippen molar-refractivity contribution >= 4 is 29.6 Å². The maximum absolute atomic E-state index is 12.6. The first-order chi connectivity index (χ1) is 14.4. The van der Waals surface area contributed by atoms with Crippen molar-refractivity contribution in [2.75, 3.05) is 11.9 Å². The Morgan fingerprint density at radius 3 is 2.43 bits per heavy atom. The molecule has 1 heterocycles. The summed E-state index contributed by atoms with van der Waals surface area (Å²) >= 11 is 0. The van der Waals surface area contributed by atoms with Crippen molar-refractivity contribution in [1.29, 1.82) is 0 Å². The molecule has 7 nitrogen and oxygen atoms in total. The average molecular weight is 407 g/mol. The van der Waals surface area contributed by atoms with Gasteiger partial charge in [0, 0.05) is 5.69 Å². The van der Waals surface area contributed by atoms with Gasteiger partial charge >= 0.3 is 6.03 Å². The summed E-state index contributed by atoms with van der Waals surface area (Å²) in [7, 11) is 0. The Kier molecular flexibility index (Phi) is 6.51. The number of aryl methyl sites for hydroxylation is 1. The number of nitrogens with zero attached hydrogens (tertiary/aromatic N) is 1. The van der Waals surface area contributed by atoms with Crippen molar-refractivity contribution in [2.45, 2.75) is 33.3 Å². The molecule has 0 unspecified atom stereocenters. The summed E-state index contributed by atoms with van der Waals surface area (Å²) < 4.78 is 5.73. The van der Waals surface area contributed by atoms with E-state index in [-0.39, 0.29) is 18.3 Å². The summed E-state index contributed by atoms with van der Waals surface area (Å²) in [5, 5.41) is 5.20. The molecule has 2 aromatic carbocycles. The van der Waals surface area contributed by atoms with Crippen LogP contribution < -0.4 is 15.4 Å². The number of rotatable bonds is 7. The summed E-state index contributed by atoms with van der Waals surface area (Å²) in [6, 6.07) is 13.9. The molecule has 1 atom stereocenters. The number of benzene rings is 2. The first-order valence-electron chi connectivity index (χ1n) is 9.83. The molecule has 1 fully saturated rings. The minimum absolute atomic E-state index is 0.115. The first-order valence-corrected chi connectivity index (χ1v) is 9.83. The molecule has 2 aromatic rings. The van der Waals surface area contributed by atoms with Crippen molar-refractivity contribution in [3.63, 3.8) is 0 Å². The highest BCUT2D eigenvalue weighted by Gasteiger charge is 2.34. The number of hydrogen-bond acceptors (Lipinski definition) is 4. The zero-order valence-electron chi connectivity index (χ0n) is 17.3. The molecule has 1 saturated heterocycles. The van der Waals surface area contributed by atoms with Crippen LogP contribution in [0.4, 0.5) is 10.5 Å². The summed E-state index contributed by atoms with van der Waals surface area (Å²) in [6.07, 6.45) is 2.59. The van der Waals surface area contributed by atoms with Crippen LogP contribution in [-0.4, -0.2) is 35.4 Å². The molecule has 3 rings (SSSR count). The van der Waals surface area contributed by atoms with E-state index in [0.717, 1.165) is 28.2 Å². The van der Waals surface area contributed by atoms with Gasteiger partial charge in [0.1, 0.15) is 18.0 Å². The second kappa shape index (κ2) is 9.26. The third-order valence-electron chi connectivity index (χ3n) is 4.70. The third-order valence-corrected chi connectivity index (χ3v) is 4.70. The zero-order chi connectivity index (χ0) is 21.7. The van der Waals surface area contributed by atoms with Crippen molar-refractivity contribution in [3.05, 3.63) is 65.4 Å². The van der Waals surface area contributed by atoms with Gasteiger partial charge < -0.3 is 15.4 Å². The van der Waals surface area contributed by atoms with E-state index in [0.29, 0.717) is 5.69 Å². The van der Waals surface area contributed by atoms with Gasteiger partial charge in [0.05, 0.1) is 6.10 Å². The molecule has 30 heavy (non-hydrogen) atoms. The number of imide groups is 1. The number of anilines is 1. The Bertz CT molecular complexity index is 965. The van der Waals surface area contributed by atoms with Gasteiger partial charge in [-0.1, -0.05) is 36.8 Å². The van der Waals surface area contributed by atoms with Gasteiger partial charge in [-0.25, -0.2) is 9.69 Å². The fourth-order valence-corrected chi connectivity index (χ4v) is 2.82. The predicted molar refractivity (Wildman–Crippen MR) is 115 cm³/mol. The van der Waals surface area contributed by atoms with Gasteiger partial charge in [0.25, 0.3) is 5.91 Å². The number of ether oxygens (including phenoxy) is 1. The molecule has 1 aliphatic rings. The van der Waals surface area contributed by atoms with Crippen molar-refractivity contribution in [3.8, 4) is 5.75 Å². The SMILES string of the molecule is CC[C@H](C)Oc1ccc(/C=C2/NC(=O)N(CC(=O)Nc3ccc(C)cc3)C2=O)cc1. The lowest BCUT2D eigenvalue weighted by Gasteiger charge is -2.12. The van der Waals surface area contributed by atoms with Gasteiger partial charge in [0.2, 0.25) is 5.91 Å². The molecule has 0 radical (unpaired) electrons. The summed E-state index contributed by atoms with van der Waals surface area (Å²) in [5.41, 5.74) is 2.53. The second-order valence-electron chi connectivity index (χ2n) is 7.20. The number of amides is 4. The van der Waals surface area contributed by atoms with E-state index in [9.17, 15) is 14.4 Å². The third kappa shape index (κ3) is 5.26. The van der Waals surface area contributed by atoms with Crippen molar-refractivity contribution in [2.24, 2.45) is 0 Å². The Labute approximate surface area is 175 Å². The maximum Gasteiger partial charge on any atom is 0.329 e. The van der Waals surface area contributed by atoms with Crippen molar-refractivity contribution < 1.29 is 19.1 Å². The van der Waals surface area contributed by atoms with E-state index in [1.807, 2.05) is 45.0 Å². The van der Waals surface area contributed by atoms with E-state index < -0.39 is 17.8 Å². The van der Waals surface area contributed by atoms with Crippen LogP contribution in [0.2, 0.25) is 0 Å². The standard InChI is InChI=1S/C23H25N3O4/c1-4-16(3)30-19-11-7-17(8-12-19)13-20-22(28)26(23(29)25-20)14-21(27)24-18-9-5-15(2)6-10-18/h5-13,16H,4,14H2,1-3H3,(H,24,27)(H,25,29)/b20-13+/t16-/m0/s1. The number of nitrogens with one attached hydrogen (secondary N) is 2. The molecule has 2 N–H and O–H groups in total. The Hall–Kier alpha value is -3.61.